The SMILES string of the molecule is Nc1ccc(-c2c(-c3ccc(N)cc3)c3c4c(cccc4c2OC(=O)O)C=CC3(OC(=O)O)S(=O)(=O)C2(OC(=O)O)C=Cc3cccc4c(OC(=O)O)ccc2c34)cc1. The second-order valence-corrected chi connectivity index (χ2v) is 15.5. The van der Waals surface area contributed by atoms with E-state index < -0.39 is 44.3 Å². The normalized spacial score (nSPS) is 17.6. The molecule has 0 amide bonds. The smallest absolute Gasteiger partial charge is 0.450 e. The Morgan fingerprint density at radius 1 is 0.542 bits per heavy atom. The van der Waals surface area contributed by atoms with Gasteiger partial charge in [0.1, 0.15) is 5.75 Å². The lowest BCUT2D eigenvalue weighted by atomic mass is 9.80. The molecule has 0 aromatic heterocycles. The highest BCUT2D eigenvalue weighted by atomic mass is 32.2. The van der Waals surface area contributed by atoms with Gasteiger partial charge in [-0.15, -0.1) is 0 Å². The van der Waals surface area contributed by atoms with E-state index in [2.05, 4.69) is 0 Å². The summed E-state index contributed by atoms with van der Waals surface area (Å²) in [5, 5.41) is 40.5. The van der Waals surface area contributed by atoms with E-state index in [-0.39, 0.29) is 77.7 Å². The molecule has 0 fully saturated rings. The molecule has 59 heavy (non-hydrogen) atoms. The summed E-state index contributed by atoms with van der Waals surface area (Å²) in [5.74, 6) is -0.502. The van der Waals surface area contributed by atoms with Crippen LogP contribution < -0.4 is 20.9 Å². The third-order valence-corrected chi connectivity index (χ3v) is 12.6. The number of hydrogen-bond donors (Lipinski definition) is 6. The highest BCUT2D eigenvalue weighted by Crippen LogP contribution is 2.59. The number of hydrogen-bond acceptors (Lipinski definition) is 12. The molecule has 0 saturated heterocycles. The molecule has 8 N–H and O–H groups in total. The topological polar surface area (TPSA) is 272 Å². The maximum absolute atomic E-state index is 16.2. The molecule has 8 rings (SSSR count). The van der Waals surface area contributed by atoms with Crippen LogP contribution in [0, 0.1) is 0 Å². The quantitative estimate of drug-likeness (QED) is 0.0477. The lowest BCUT2D eigenvalue weighted by Crippen LogP contribution is -2.52. The number of benzene rings is 6. The molecule has 0 bridgehead atoms. The lowest BCUT2D eigenvalue weighted by Gasteiger charge is -2.42. The number of ether oxygens (including phenoxy) is 4. The maximum Gasteiger partial charge on any atom is 0.511 e. The molecule has 2 aliphatic carbocycles. The van der Waals surface area contributed by atoms with Gasteiger partial charge in [0.05, 0.1) is 0 Å². The fraction of sp³-hybridized carbons (Fsp3) is 0.0476. The molecule has 0 aliphatic heterocycles. The van der Waals surface area contributed by atoms with Crippen LogP contribution in [0.5, 0.6) is 11.5 Å². The Morgan fingerprint density at radius 3 is 1.61 bits per heavy atom. The molecule has 296 valence electrons. The van der Waals surface area contributed by atoms with E-state index >= 15 is 8.42 Å². The monoisotopic (exact) mass is 816 g/mol. The molecule has 16 nitrogen and oxygen atoms in total. The van der Waals surface area contributed by atoms with E-state index in [9.17, 15) is 39.6 Å². The van der Waals surface area contributed by atoms with E-state index in [4.69, 9.17) is 30.4 Å². The Balaban J connectivity index is 1.59. The molecule has 17 heteroatoms. The minimum Gasteiger partial charge on any atom is -0.450 e. The van der Waals surface area contributed by atoms with Gasteiger partial charge in [-0.1, -0.05) is 72.8 Å². The van der Waals surface area contributed by atoms with Crippen LogP contribution in [0.1, 0.15) is 22.3 Å². The number of carboxylic acid groups (broad SMARTS) is 4. The number of nitrogen functional groups attached to an aromatic ring is 2. The van der Waals surface area contributed by atoms with Crippen molar-refractivity contribution in [1.82, 2.24) is 0 Å². The molecule has 0 radical (unpaired) electrons. The summed E-state index contributed by atoms with van der Waals surface area (Å²) in [5.41, 5.74) is 12.8. The van der Waals surface area contributed by atoms with Crippen LogP contribution in [0.2, 0.25) is 0 Å². The zero-order valence-corrected chi connectivity index (χ0v) is 30.8. The van der Waals surface area contributed by atoms with Gasteiger partial charge >= 0.3 is 24.6 Å². The van der Waals surface area contributed by atoms with E-state index in [1.807, 2.05) is 0 Å². The van der Waals surface area contributed by atoms with Crippen molar-refractivity contribution >= 4 is 79.5 Å². The number of rotatable bonds is 8. The molecular weight excluding hydrogens is 789 g/mol. The Hall–Kier alpha value is -8.05. The van der Waals surface area contributed by atoms with Gasteiger partial charge in [-0.3, -0.25) is 0 Å². The van der Waals surface area contributed by atoms with Gasteiger partial charge in [0.25, 0.3) is 9.87 Å². The largest absolute Gasteiger partial charge is 0.511 e. The molecule has 0 spiro atoms. The van der Waals surface area contributed by atoms with Gasteiger partial charge in [-0.05, 0) is 70.8 Å². The Bertz CT molecular complexity index is 3000. The highest BCUT2D eigenvalue weighted by Gasteiger charge is 2.64. The number of sulfone groups is 1. The van der Waals surface area contributed by atoms with Crippen molar-refractivity contribution in [2.45, 2.75) is 9.87 Å². The van der Waals surface area contributed by atoms with E-state index in [0.29, 0.717) is 11.3 Å². The second-order valence-electron chi connectivity index (χ2n) is 13.3. The van der Waals surface area contributed by atoms with Crippen molar-refractivity contribution in [3.8, 4) is 33.8 Å². The van der Waals surface area contributed by atoms with Crippen molar-refractivity contribution in [3.63, 3.8) is 0 Å². The van der Waals surface area contributed by atoms with Gasteiger partial charge in [0.15, 0.2) is 5.75 Å². The second kappa shape index (κ2) is 13.6. The summed E-state index contributed by atoms with van der Waals surface area (Å²) in [7, 11) is -5.73. The molecule has 2 aliphatic rings. The van der Waals surface area contributed by atoms with Crippen molar-refractivity contribution in [2.24, 2.45) is 0 Å². The van der Waals surface area contributed by atoms with Gasteiger partial charge < -0.3 is 50.8 Å². The number of nitrogens with two attached hydrogens (primary N) is 2. The predicted octanol–water partition coefficient (Wildman–Crippen LogP) is 8.47. The first-order valence-electron chi connectivity index (χ1n) is 17.3. The van der Waals surface area contributed by atoms with Crippen LogP contribution in [0.3, 0.4) is 0 Å². The maximum atomic E-state index is 16.2. The van der Waals surface area contributed by atoms with Gasteiger partial charge in [-0.25, -0.2) is 27.6 Å². The average molecular weight is 817 g/mol. The summed E-state index contributed by atoms with van der Waals surface area (Å²) in [6.07, 6.45) is -3.30. The van der Waals surface area contributed by atoms with Crippen molar-refractivity contribution in [1.29, 1.82) is 0 Å². The number of carbonyl (C=O) groups is 4. The van der Waals surface area contributed by atoms with Crippen LogP contribution in [0.4, 0.5) is 30.6 Å². The summed E-state index contributed by atoms with van der Waals surface area (Å²) in [4.78, 5) is 43.7. The first kappa shape index (κ1) is 37.9. The first-order chi connectivity index (χ1) is 28.1. The summed E-state index contributed by atoms with van der Waals surface area (Å²) in [6, 6.07) is 23.2. The predicted molar refractivity (Wildman–Crippen MR) is 213 cm³/mol. The molecular formula is C42H28N2O14S. The zero-order chi connectivity index (χ0) is 42.0. The summed E-state index contributed by atoms with van der Waals surface area (Å²) < 4.78 is 54.1. The lowest BCUT2D eigenvalue weighted by molar-refractivity contribution is 0.0308. The van der Waals surface area contributed by atoms with Gasteiger partial charge in [-0.2, -0.15) is 0 Å². The van der Waals surface area contributed by atoms with Crippen LogP contribution >= 0.6 is 0 Å². The van der Waals surface area contributed by atoms with Crippen LogP contribution in [0.25, 0.3) is 56.0 Å². The molecule has 0 heterocycles. The van der Waals surface area contributed by atoms with Crippen molar-refractivity contribution in [3.05, 3.63) is 131 Å². The molecule has 0 saturated carbocycles. The average Bonchev–Trinajstić information content (AvgIpc) is 3.18. The van der Waals surface area contributed by atoms with E-state index in [1.165, 1.54) is 78.9 Å². The molecule has 2 atom stereocenters. The minimum atomic E-state index is -5.73. The van der Waals surface area contributed by atoms with Crippen molar-refractivity contribution < 1.29 is 67.0 Å². The van der Waals surface area contributed by atoms with Crippen LogP contribution in [0.15, 0.2) is 109 Å². The Labute approximate surface area is 332 Å². The van der Waals surface area contributed by atoms with Crippen LogP contribution in [-0.4, -0.2) is 53.5 Å². The molecule has 6 aromatic carbocycles. The van der Waals surface area contributed by atoms with Gasteiger partial charge in [0, 0.05) is 55.2 Å². The fourth-order valence-electron chi connectivity index (χ4n) is 7.90. The van der Waals surface area contributed by atoms with E-state index in [1.54, 1.807) is 18.2 Å². The highest BCUT2D eigenvalue weighted by molar-refractivity contribution is 7.93. The van der Waals surface area contributed by atoms with Crippen molar-refractivity contribution in [2.75, 3.05) is 11.5 Å². The summed E-state index contributed by atoms with van der Waals surface area (Å²) in [6.45, 7) is 0. The third kappa shape index (κ3) is 5.78. The zero-order valence-electron chi connectivity index (χ0n) is 30.0. The third-order valence-electron chi connectivity index (χ3n) is 10.1. The van der Waals surface area contributed by atoms with Gasteiger partial charge in [0.2, 0.25) is 9.84 Å². The fourth-order valence-corrected chi connectivity index (χ4v) is 10.1. The first-order valence-corrected chi connectivity index (χ1v) is 18.8. The van der Waals surface area contributed by atoms with Crippen LogP contribution in [-0.2, 0) is 29.2 Å². The summed E-state index contributed by atoms with van der Waals surface area (Å²) >= 11 is 0. The Morgan fingerprint density at radius 2 is 1.05 bits per heavy atom. The number of anilines is 2. The van der Waals surface area contributed by atoms with E-state index in [0.717, 1.165) is 24.3 Å². The standard InChI is InChI=1S/C42H28N2O14S/c43-25-11-7-23(8-12-25)33-34(24-9-13-26(44)14-10-24)36(56-38(47)48)28-6-2-4-22-18-20-42(58-40(51)52,35(33)32(22)28)59(53,54)41(57-39(49)50)19-17-21-3-1-5-27-30(55-37(45)46)16-15-29(41)31(21)27/h1-20H,43-44H2,(H,45,46)(H,47,48)(H,49,50)(H,51,52). The minimum absolute atomic E-state index is 0.000804. The molecule has 6 aromatic rings. The molecule has 2 unspecified atom stereocenters. The Kier molecular flexibility index (Phi) is 8.70.